The highest BCUT2D eigenvalue weighted by Gasteiger charge is 2.12. The lowest BCUT2D eigenvalue weighted by Crippen LogP contribution is -2.13. The van der Waals surface area contributed by atoms with E-state index >= 15 is 0 Å². The number of ketones is 1. The molecular formula is C13H13N3O2S. The smallest absolute Gasteiger partial charge is 0.257 e. The standard InChI is InChI=1S/C13H13N3O2S/c1-7-3-4-9(14)5-10(7)12(18)16-13-15-11(6-19-13)8(2)17/h3-6H,14H2,1-2H3,(H,15,16,18). The van der Waals surface area contributed by atoms with Gasteiger partial charge in [-0.25, -0.2) is 4.98 Å². The van der Waals surface area contributed by atoms with Crippen molar-refractivity contribution in [3.63, 3.8) is 0 Å². The second-order valence-electron chi connectivity index (χ2n) is 4.12. The van der Waals surface area contributed by atoms with Crippen molar-refractivity contribution in [2.75, 3.05) is 11.1 Å². The summed E-state index contributed by atoms with van der Waals surface area (Å²) in [5.74, 6) is -0.411. The molecule has 2 rings (SSSR count). The third kappa shape index (κ3) is 2.97. The van der Waals surface area contributed by atoms with Crippen molar-refractivity contribution in [3.05, 3.63) is 40.4 Å². The summed E-state index contributed by atoms with van der Waals surface area (Å²) < 4.78 is 0. The monoisotopic (exact) mass is 275 g/mol. The number of nitrogens with two attached hydrogens (primary N) is 1. The number of nitrogen functional groups attached to an aromatic ring is 1. The highest BCUT2D eigenvalue weighted by molar-refractivity contribution is 7.14. The van der Waals surface area contributed by atoms with Gasteiger partial charge in [0.05, 0.1) is 0 Å². The van der Waals surface area contributed by atoms with Crippen molar-refractivity contribution in [2.45, 2.75) is 13.8 Å². The summed E-state index contributed by atoms with van der Waals surface area (Å²) in [6.07, 6.45) is 0. The van der Waals surface area contributed by atoms with Gasteiger partial charge in [-0.15, -0.1) is 11.3 Å². The summed E-state index contributed by atoms with van der Waals surface area (Å²) >= 11 is 1.22. The topological polar surface area (TPSA) is 85.1 Å². The molecule has 5 nitrogen and oxygen atoms in total. The number of hydrogen-bond acceptors (Lipinski definition) is 5. The van der Waals surface area contributed by atoms with Crippen LogP contribution in [-0.2, 0) is 0 Å². The van der Waals surface area contributed by atoms with E-state index < -0.39 is 0 Å². The molecule has 0 saturated carbocycles. The summed E-state index contributed by atoms with van der Waals surface area (Å²) in [6, 6.07) is 5.14. The minimum atomic E-state index is -0.283. The Bertz CT molecular complexity index is 649. The fourth-order valence-electron chi connectivity index (χ4n) is 1.54. The maximum Gasteiger partial charge on any atom is 0.257 e. The molecule has 0 spiro atoms. The third-order valence-corrected chi connectivity index (χ3v) is 3.35. The van der Waals surface area contributed by atoms with Crippen LogP contribution in [0.2, 0.25) is 0 Å². The van der Waals surface area contributed by atoms with E-state index in [9.17, 15) is 9.59 Å². The lowest BCUT2D eigenvalue weighted by Gasteiger charge is -2.06. The molecule has 0 bridgehead atoms. The first-order valence-corrected chi connectivity index (χ1v) is 6.49. The maximum absolute atomic E-state index is 12.1. The first-order valence-electron chi connectivity index (χ1n) is 5.61. The van der Waals surface area contributed by atoms with Crippen LogP contribution in [-0.4, -0.2) is 16.7 Å². The van der Waals surface area contributed by atoms with Crippen molar-refractivity contribution >= 4 is 33.8 Å². The van der Waals surface area contributed by atoms with Crippen LogP contribution in [0.4, 0.5) is 10.8 Å². The second kappa shape index (κ2) is 5.19. The van der Waals surface area contributed by atoms with Crippen molar-refractivity contribution in [1.29, 1.82) is 0 Å². The number of carbonyl (C=O) groups excluding carboxylic acids is 2. The molecule has 0 aliphatic rings. The van der Waals surface area contributed by atoms with Gasteiger partial charge in [-0.2, -0.15) is 0 Å². The number of carbonyl (C=O) groups is 2. The third-order valence-electron chi connectivity index (χ3n) is 2.59. The van der Waals surface area contributed by atoms with Crippen LogP contribution in [0, 0.1) is 6.92 Å². The largest absolute Gasteiger partial charge is 0.399 e. The molecule has 0 unspecified atom stereocenters. The van der Waals surface area contributed by atoms with Crippen LogP contribution in [0.3, 0.4) is 0 Å². The number of thiazole rings is 1. The number of rotatable bonds is 3. The predicted octanol–water partition coefficient (Wildman–Crippen LogP) is 2.49. The van der Waals surface area contributed by atoms with Crippen LogP contribution in [0.25, 0.3) is 0 Å². The quantitative estimate of drug-likeness (QED) is 0.665. The Morgan fingerprint density at radius 2 is 2.11 bits per heavy atom. The molecule has 1 heterocycles. The van der Waals surface area contributed by atoms with Crippen LogP contribution >= 0.6 is 11.3 Å². The zero-order chi connectivity index (χ0) is 14.0. The van der Waals surface area contributed by atoms with Crippen molar-refractivity contribution in [3.8, 4) is 0 Å². The lowest BCUT2D eigenvalue weighted by atomic mass is 10.1. The Balaban J connectivity index is 2.20. The first kappa shape index (κ1) is 13.2. The van der Waals surface area contributed by atoms with Crippen molar-refractivity contribution < 1.29 is 9.59 Å². The molecule has 0 atom stereocenters. The highest BCUT2D eigenvalue weighted by atomic mass is 32.1. The fourth-order valence-corrected chi connectivity index (χ4v) is 2.29. The molecule has 6 heteroatoms. The Morgan fingerprint density at radius 1 is 1.37 bits per heavy atom. The average molecular weight is 275 g/mol. The van der Waals surface area contributed by atoms with Gasteiger partial charge >= 0.3 is 0 Å². The highest BCUT2D eigenvalue weighted by Crippen LogP contribution is 2.19. The molecular weight excluding hydrogens is 262 g/mol. The van der Waals surface area contributed by atoms with Gasteiger partial charge in [-0.1, -0.05) is 6.07 Å². The molecule has 98 valence electrons. The molecule has 3 N–H and O–H groups in total. The van der Waals surface area contributed by atoms with E-state index in [1.165, 1.54) is 18.3 Å². The van der Waals surface area contributed by atoms with Gasteiger partial charge in [-0.05, 0) is 24.6 Å². The molecule has 2 aromatic rings. The maximum atomic E-state index is 12.1. The first-order chi connectivity index (χ1) is 8.97. The molecule has 1 aromatic heterocycles. The zero-order valence-corrected chi connectivity index (χ0v) is 11.4. The van der Waals surface area contributed by atoms with Gasteiger partial charge in [-0.3, -0.25) is 14.9 Å². The Kier molecular flexibility index (Phi) is 3.62. The van der Waals surface area contributed by atoms with Gasteiger partial charge in [0.2, 0.25) is 0 Å². The summed E-state index contributed by atoms with van der Waals surface area (Å²) in [6.45, 7) is 3.26. The number of aryl methyl sites for hydroxylation is 1. The second-order valence-corrected chi connectivity index (χ2v) is 4.98. The van der Waals surface area contributed by atoms with Crippen LogP contribution in [0.15, 0.2) is 23.6 Å². The number of hydrogen-bond donors (Lipinski definition) is 2. The van der Waals surface area contributed by atoms with Gasteiger partial charge in [0.25, 0.3) is 5.91 Å². The number of nitrogens with one attached hydrogen (secondary N) is 1. The summed E-state index contributed by atoms with van der Waals surface area (Å²) in [5.41, 5.74) is 7.87. The molecule has 0 radical (unpaired) electrons. The molecule has 0 saturated heterocycles. The molecule has 0 aliphatic carbocycles. The van der Waals surface area contributed by atoms with Crippen LogP contribution in [0.1, 0.15) is 33.3 Å². The molecule has 1 aromatic carbocycles. The Labute approximate surface area is 114 Å². The van der Waals surface area contributed by atoms with Crippen LogP contribution < -0.4 is 11.1 Å². The number of Topliss-reactive ketones (excluding diaryl/α,β-unsaturated/α-hetero) is 1. The minimum Gasteiger partial charge on any atom is -0.399 e. The molecule has 1 amide bonds. The SMILES string of the molecule is CC(=O)c1csc(NC(=O)c2cc(N)ccc2C)n1. The normalized spacial score (nSPS) is 10.2. The van der Waals surface area contributed by atoms with Crippen molar-refractivity contribution in [1.82, 2.24) is 4.98 Å². The lowest BCUT2D eigenvalue weighted by molar-refractivity contribution is 0.100. The summed E-state index contributed by atoms with van der Waals surface area (Å²) in [7, 11) is 0. The van der Waals surface area contributed by atoms with Gasteiger partial charge in [0, 0.05) is 23.6 Å². The number of benzene rings is 1. The van der Waals surface area contributed by atoms with E-state index in [0.717, 1.165) is 5.56 Å². The van der Waals surface area contributed by atoms with E-state index in [4.69, 9.17) is 5.73 Å². The number of aromatic nitrogens is 1. The number of amides is 1. The zero-order valence-electron chi connectivity index (χ0n) is 10.6. The van der Waals surface area contributed by atoms with Crippen molar-refractivity contribution in [2.24, 2.45) is 0 Å². The predicted molar refractivity (Wildman–Crippen MR) is 75.7 cm³/mol. The summed E-state index contributed by atoms with van der Waals surface area (Å²) in [5, 5.41) is 4.68. The number of nitrogens with zero attached hydrogens (tertiary/aromatic N) is 1. The molecule has 0 aliphatic heterocycles. The fraction of sp³-hybridized carbons (Fsp3) is 0.154. The van der Waals surface area contributed by atoms with E-state index in [0.29, 0.717) is 22.1 Å². The van der Waals surface area contributed by atoms with Gasteiger partial charge in [0.15, 0.2) is 10.9 Å². The van der Waals surface area contributed by atoms with E-state index in [1.54, 1.807) is 23.6 Å². The van der Waals surface area contributed by atoms with E-state index in [1.807, 2.05) is 6.92 Å². The van der Waals surface area contributed by atoms with E-state index in [-0.39, 0.29) is 11.7 Å². The Morgan fingerprint density at radius 3 is 2.74 bits per heavy atom. The molecule has 19 heavy (non-hydrogen) atoms. The number of anilines is 2. The average Bonchev–Trinajstić information content (AvgIpc) is 2.80. The summed E-state index contributed by atoms with van der Waals surface area (Å²) in [4.78, 5) is 27.2. The van der Waals surface area contributed by atoms with Gasteiger partial charge in [0.1, 0.15) is 5.69 Å². The van der Waals surface area contributed by atoms with Crippen LogP contribution in [0.5, 0.6) is 0 Å². The minimum absolute atomic E-state index is 0.128. The Hall–Kier alpha value is -2.21. The van der Waals surface area contributed by atoms with Gasteiger partial charge < -0.3 is 5.73 Å². The van der Waals surface area contributed by atoms with E-state index in [2.05, 4.69) is 10.3 Å². The molecule has 0 fully saturated rings.